The first-order valence-corrected chi connectivity index (χ1v) is 11.8. The van der Waals surface area contributed by atoms with E-state index in [1.54, 1.807) is 0 Å². The quantitative estimate of drug-likeness (QED) is 0.505. The van der Waals surface area contributed by atoms with E-state index in [2.05, 4.69) is 39.7 Å². The standard InChI is InChI=1S/C11H24O2Si2/c1-7-9-14(3,4)13-15(5,6)10-11(12)8-2/h8H,2,7,9-10H2,1,3-6H3. The molecule has 0 saturated carbocycles. The van der Waals surface area contributed by atoms with Gasteiger partial charge < -0.3 is 4.12 Å². The smallest absolute Gasteiger partial charge is 0.181 e. The molecule has 0 aliphatic carbocycles. The van der Waals surface area contributed by atoms with Crippen LogP contribution in [0.5, 0.6) is 0 Å². The van der Waals surface area contributed by atoms with Crippen LogP contribution >= 0.6 is 0 Å². The fourth-order valence-corrected chi connectivity index (χ4v) is 10.8. The van der Waals surface area contributed by atoms with Crippen LogP contribution in [0.25, 0.3) is 0 Å². The number of carbonyl (C=O) groups excluding carboxylic acids is 1. The fourth-order valence-electron chi connectivity index (χ4n) is 1.93. The second-order valence-electron chi connectivity index (χ2n) is 5.22. The largest absolute Gasteiger partial charge is 0.455 e. The average Bonchev–Trinajstić information content (AvgIpc) is 2.00. The van der Waals surface area contributed by atoms with E-state index in [0.29, 0.717) is 6.04 Å². The van der Waals surface area contributed by atoms with Gasteiger partial charge in [0.25, 0.3) is 0 Å². The van der Waals surface area contributed by atoms with E-state index in [4.69, 9.17) is 4.12 Å². The van der Waals surface area contributed by atoms with Crippen LogP contribution in [0.2, 0.25) is 38.3 Å². The number of allylic oxidation sites excluding steroid dienone is 1. The Morgan fingerprint density at radius 2 is 1.80 bits per heavy atom. The first-order valence-electron chi connectivity index (χ1n) is 5.58. The van der Waals surface area contributed by atoms with Crippen LogP contribution in [0.3, 0.4) is 0 Å². The molecule has 0 aliphatic rings. The zero-order valence-corrected chi connectivity index (χ0v) is 12.7. The Morgan fingerprint density at radius 3 is 2.20 bits per heavy atom. The molecule has 2 nitrogen and oxygen atoms in total. The summed E-state index contributed by atoms with van der Waals surface area (Å²) in [5, 5.41) is 0. The summed E-state index contributed by atoms with van der Waals surface area (Å²) >= 11 is 0. The number of ketones is 1. The van der Waals surface area contributed by atoms with Gasteiger partial charge in [0.15, 0.2) is 22.4 Å². The van der Waals surface area contributed by atoms with Gasteiger partial charge in [-0.05, 0) is 38.3 Å². The molecular formula is C11H24O2Si2. The lowest BCUT2D eigenvalue weighted by Crippen LogP contribution is -2.45. The van der Waals surface area contributed by atoms with Gasteiger partial charge in [0.2, 0.25) is 0 Å². The molecule has 0 amide bonds. The zero-order valence-electron chi connectivity index (χ0n) is 10.7. The Hall–Kier alpha value is -0.196. The third-order valence-electron chi connectivity index (χ3n) is 2.23. The normalized spacial score (nSPS) is 12.6. The monoisotopic (exact) mass is 244 g/mol. The minimum atomic E-state index is -1.82. The van der Waals surface area contributed by atoms with Gasteiger partial charge in [0.05, 0.1) is 0 Å². The van der Waals surface area contributed by atoms with Gasteiger partial charge in [0.1, 0.15) is 0 Å². The van der Waals surface area contributed by atoms with Crippen molar-refractivity contribution >= 4 is 22.4 Å². The highest BCUT2D eigenvalue weighted by atomic mass is 28.4. The van der Waals surface area contributed by atoms with Crippen LogP contribution in [0.15, 0.2) is 12.7 Å². The highest BCUT2D eigenvalue weighted by Gasteiger charge is 2.33. The minimum absolute atomic E-state index is 0.118. The van der Waals surface area contributed by atoms with Crippen LogP contribution in [-0.2, 0) is 8.91 Å². The van der Waals surface area contributed by atoms with Crippen LogP contribution in [0.4, 0.5) is 0 Å². The molecule has 0 unspecified atom stereocenters. The van der Waals surface area contributed by atoms with Gasteiger partial charge in [-0.15, -0.1) is 0 Å². The maximum atomic E-state index is 11.3. The molecule has 0 aromatic heterocycles. The van der Waals surface area contributed by atoms with Crippen molar-refractivity contribution < 1.29 is 8.91 Å². The van der Waals surface area contributed by atoms with Crippen LogP contribution < -0.4 is 0 Å². The molecule has 15 heavy (non-hydrogen) atoms. The summed E-state index contributed by atoms with van der Waals surface area (Å²) in [6.07, 6.45) is 2.57. The van der Waals surface area contributed by atoms with E-state index in [-0.39, 0.29) is 5.78 Å². The van der Waals surface area contributed by atoms with Crippen LogP contribution in [0.1, 0.15) is 13.3 Å². The molecule has 0 N–H and O–H groups in total. The van der Waals surface area contributed by atoms with Crippen molar-refractivity contribution in [2.75, 3.05) is 0 Å². The molecule has 0 heterocycles. The van der Waals surface area contributed by atoms with Gasteiger partial charge in [0, 0.05) is 6.04 Å². The Labute approximate surface area is 96.0 Å². The third kappa shape index (κ3) is 6.81. The fraction of sp³-hybridized carbons (Fsp3) is 0.727. The number of hydrogen-bond acceptors (Lipinski definition) is 2. The van der Waals surface area contributed by atoms with Gasteiger partial charge >= 0.3 is 0 Å². The van der Waals surface area contributed by atoms with Gasteiger partial charge in [-0.1, -0.05) is 19.9 Å². The average molecular weight is 244 g/mol. The second-order valence-corrected chi connectivity index (χ2v) is 13.9. The van der Waals surface area contributed by atoms with Gasteiger partial charge in [-0.3, -0.25) is 4.79 Å². The van der Waals surface area contributed by atoms with Crippen molar-refractivity contribution in [3.63, 3.8) is 0 Å². The number of rotatable bonds is 7. The van der Waals surface area contributed by atoms with E-state index in [0.717, 1.165) is 0 Å². The molecule has 0 aliphatic heterocycles. The molecule has 0 aromatic rings. The minimum Gasteiger partial charge on any atom is -0.455 e. The highest BCUT2D eigenvalue weighted by Crippen LogP contribution is 2.22. The van der Waals surface area contributed by atoms with E-state index >= 15 is 0 Å². The summed E-state index contributed by atoms with van der Waals surface area (Å²) in [5.41, 5.74) is 0. The molecule has 0 atom stereocenters. The van der Waals surface area contributed by atoms with Crippen molar-refractivity contribution in [1.29, 1.82) is 0 Å². The summed E-state index contributed by atoms with van der Waals surface area (Å²) in [6, 6.07) is 1.74. The lowest BCUT2D eigenvalue weighted by Gasteiger charge is -2.33. The summed E-state index contributed by atoms with van der Waals surface area (Å²) in [4.78, 5) is 11.3. The summed E-state index contributed by atoms with van der Waals surface area (Å²) < 4.78 is 6.25. The zero-order chi connectivity index (χ0) is 12.1. The van der Waals surface area contributed by atoms with Crippen molar-refractivity contribution in [3.05, 3.63) is 12.7 Å². The molecule has 0 rings (SSSR count). The molecule has 0 radical (unpaired) electrons. The summed E-state index contributed by atoms with van der Waals surface area (Å²) in [7, 11) is -3.36. The molecule has 0 fully saturated rings. The lowest BCUT2D eigenvalue weighted by atomic mass is 10.4. The van der Waals surface area contributed by atoms with Crippen LogP contribution in [0, 0.1) is 0 Å². The third-order valence-corrected chi connectivity index (χ3v) is 9.56. The molecule has 0 bridgehead atoms. The van der Waals surface area contributed by atoms with E-state index in [1.807, 2.05) is 0 Å². The summed E-state index contributed by atoms with van der Waals surface area (Å²) in [5.74, 6) is 0.118. The maximum Gasteiger partial charge on any atom is 0.181 e. The van der Waals surface area contributed by atoms with E-state index in [9.17, 15) is 4.79 Å². The highest BCUT2D eigenvalue weighted by molar-refractivity contribution is 6.86. The summed E-state index contributed by atoms with van der Waals surface area (Å²) in [6.45, 7) is 14.4. The molecule has 0 saturated heterocycles. The van der Waals surface area contributed by atoms with Crippen molar-refractivity contribution in [2.24, 2.45) is 0 Å². The van der Waals surface area contributed by atoms with Crippen molar-refractivity contribution in [2.45, 2.75) is 51.6 Å². The lowest BCUT2D eigenvalue weighted by molar-refractivity contribution is -0.112. The molecular weight excluding hydrogens is 220 g/mol. The van der Waals surface area contributed by atoms with E-state index < -0.39 is 16.6 Å². The van der Waals surface area contributed by atoms with Crippen LogP contribution in [-0.4, -0.2) is 22.4 Å². The molecule has 0 aromatic carbocycles. The topological polar surface area (TPSA) is 26.3 Å². The Bertz CT molecular complexity index is 235. The molecule has 0 spiro atoms. The Balaban J connectivity index is 4.35. The van der Waals surface area contributed by atoms with Crippen molar-refractivity contribution in [3.8, 4) is 0 Å². The first-order chi connectivity index (χ1) is 6.72. The van der Waals surface area contributed by atoms with Gasteiger partial charge in [-0.25, -0.2) is 0 Å². The van der Waals surface area contributed by atoms with Gasteiger partial charge in [-0.2, -0.15) is 0 Å². The predicted octanol–water partition coefficient (Wildman–Crippen LogP) is 3.58. The predicted molar refractivity (Wildman–Crippen MR) is 71.2 cm³/mol. The Morgan fingerprint density at radius 1 is 1.27 bits per heavy atom. The number of carbonyl (C=O) groups is 1. The Kier molecular flexibility index (Phi) is 5.69. The molecule has 88 valence electrons. The number of hydrogen-bond donors (Lipinski definition) is 0. The second kappa shape index (κ2) is 5.77. The SMILES string of the molecule is C=CC(=O)C[Si](C)(C)O[Si](C)(C)CCC. The van der Waals surface area contributed by atoms with Crippen molar-refractivity contribution in [1.82, 2.24) is 0 Å². The molecule has 4 heteroatoms. The maximum absolute atomic E-state index is 11.3. The van der Waals surface area contributed by atoms with E-state index in [1.165, 1.54) is 18.5 Å². The first kappa shape index (κ1) is 14.8.